The van der Waals surface area contributed by atoms with Crippen molar-refractivity contribution in [1.29, 1.82) is 0 Å². The summed E-state index contributed by atoms with van der Waals surface area (Å²) in [5, 5.41) is 2.81. The Hall–Kier alpha value is -2.56. The summed E-state index contributed by atoms with van der Waals surface area (Å²) in [7, 11) is 1.31. The number of furan rings is 1. The average molecular weight is 273 g/mol. The molecule has 5 heteroatoms. The van der Waals surface area contributed by atoms with Crippen molar-refractivity contribution in [2.75, 3.05) is 7.11 Å². The molecule has 2 aromatic rings. The Morgan fingerprint density at radius 3 is 2.35 bits per heavy atom. The van der Waals surface area contributed by atoms with Crippen LogP contribution in [0, 0.1) is 0 Å². The Morgan fingerprint density at radius 2 is 1.80 bits per heavy atom. The van der Waals surface area contributed by atoms with E-state index in [9.17, 15) is 9.59 Å². The topological polar surface area (TPSA) is 68.5 Å². The van der Waals surface area contributed by atoms with E-state index in [1.165, 1.54) is 7.11 Å². The zero-order valence-corrected chi connectivity index (χ0v) is 11.3. The minimum Gasteiger partial charge on any atom is -0.467 e. The molecule has 0 fully saturated rings. The van der Waals surface area contributed by atoms with E-state index in [1.807, 2.05) is 6.92 Å². The second kappa shape index (κ2) is 6.06. The highest BCUT2D eigenvalue weighted by Gasteiger charge is 2.14. The number of hydrogen-bond acceptors (Lipinski definition) is 4. The Labute approximate surface area is 116 Å². The first kappa shape index (κ1) is 13.9. The van der Waals surface area contributed by atoms with Crippen molar-refractivity contribution in [3.8, 4) is 0 Å². The van der Waals surface area contributed by atoms with Gasteiger partial charge in [-0.25, -0.2) is 4.79 Å². The highest BCUT2D eigenvalue weighted by Crippen LogP contribution is 2.13. The average Bonchev–Trinajstić information content (AvgIpc) is 3.01. The smallest absolute Gasteiger partial charge is 0.337 e. The molecule has 104 valence electrons. The van der Waals surface area contributed by atoms with Crippen molar-refractivity contribution in [2.45, 2.75) is 13.0 Å². The Kier molecular flexibility index (Phi) is 4.20. The molecule has 1 N–H and O–H groups in total. The second-order valence-corrected chi connectivity index (χ2v) is 4.28. The molecule has 20 heavy (non-hydrogen) atoms. The first-order valence-corrected chi connectivity index (χ1v) is 6.14. The third-order valence-corrected chi connectivity index (χ3v) is 2.89. The lowest BCUT2D eigenvalue weighted by Crippen LogP contribution is -2.26. The van der Waals surface area contributed by atoms with Crippen LogP contribution < -0.4 is 5.32 Å². The molecule has 1 aromatic heterocycles. The molecule has 0 aliphatic carbocycles. The van der Waals surface area contributed by atoms with Gasteiger partial charge in [0.2, 0.25) is 0 Å². The summed E-state index contributed by atoms with van der Waals surface area (Å²) >= 11 is 0. The number of carbonyl (C=O) groups is 2. The number of hydrogen-bond donors (Lipinski definition) is 1. The first-order chi connectivity index (χ1) is 9.61. The van der Waals surface area contributed by atoms with E-state index in [1.54, 1.807) is 42.7 Å². The summed E-state index contributed by atoms with van der Waals surface area (Å²) in [6.45, 7) is 1.83. The van der Waals surface area contributed by atoms with Crippen molar-refractivity contribution in [2.24, 2.45) is 0 Å². The molecule has 1 aromatic carbocycles. The lowest BCUT2D eigenvalue weighted by atomic mass is 10.1. The minimum absolute atomic E-state index is 0.224. The maximum Gasteiger partial charge on any atom is 0.337 e. The van der Waals surface area contributed by atoms with Gasteiger partial charge in [0.1, 0.15) is 5.76 Å². The van der Waals surface area contributed by atoms with Gasteiger partial charge in [0, 0.05) is 5.56 Å². The van der Waals surface area contributed by atoms with Crippen LogP contribution in [0.25, 0.3) is 0 Å². The molecule has 0 aliphatic heterocycles. The third-order valence-electron chi connectivity index (χ3n) is 2.89. The largest absolute Gasteiger partial charge is 0.467 e. The molecule has 0 radical (unpaired) electrons. The van der Waals surface area contributed by atoms with Crippen LogP contribution in [0.2, 0.25) is 0 Å². The van der Waals surface area contributed by atoms with Gasteiger partial charge in [0.15, 0.2) is 0 Å². The fourth-order valence-corrected chi connectivity index (χ4v) is 1.76. The van der Waals surface area contributed by atoms with Crippen molar-refractivity contribution in [3.63, 3.8) is 0 Å². The standard InChI is InChI=1S/C15H15NO4/c1-10(13-4-3-9-20-13)16-14(17)11-5-7-12(8-6-11)15(18)19-2/h3-10H,1-2H3,(H,16,17)/t10-/m0/s1. The fourth-order valence-electron chi connectivity index (χ4n) is 1.76. The maximum atomic E-state index is 12.0. The highest BCUT2D eigenvalue weighted by molar-refractivity contribution is 5.96. The SMILES string of the molecule is COC(=O)c1ccc(C(=O)N[C@@H](C)c2ccco2)cc1. The molecule has 2 rings (SSSR count). The summed E-state index contributed by atoms with van der Waals surface area (Å²) in [5.74, 6) is 0.0239. The number of carbonyl (C=O) groups excluding carboxylic acids is 2. The Morgan fingerprint density at radius 1 is 1.15 bits per heavy atom. The van der Waals surface area contributed by atoms with Crippen LogP contribution in [0.4, 0.5) is 0 Å². The molecule has 1 atom stereocenters. The Bertz CT molecular complexity index is 587. The van der Waals surface area contributed by atoms with E-state index in [4.69, 9.17) is 4.42 Å². The number of esters is 1. The van der Waals surface area contributed by atoms with Gasteiger partial charge in [-0.15, -0.1) is 0 Å². The number of ether oxygens (including phenoxy) is 1. The summed E-state index contributed by atoms with van der Waals surface area (Å²) in [4.78, 5) is 23.3. The van der Waals surface area contributed by atoms with Crippen LogP contribution in [0.15, 0.2) is 47.1 Å². The van der Waals surface area contributed by atoms with Gasteiger partial charge in [-0.2, -0.15) is 0 Å². The highest BCUT2D eigenvalue weighted by atomic mass is 16.5. The quantitative estimate of drug-likeness (QED) is 0.869. The first-order valence-electron chi connectivity index (χ1n) is 6.14. The van der Waals surface area contributed by atoms with Gasteiger partial charge < -0.3 is 14.5 Å². The molecular weight excluding hydrogens is 258 g/mol. The molecule has 0 bridgehead atoms. The van der Waals surface area contributed by atoms with Gasteiger partial charge in [-0.3, -0.25) is 4.79 Å². The molecule has 1 heterocycles. The number of amides is 1. The van der Waals surface area contributed by atoms with E-state index in [-0.39, 0.29) is 11.9 Å². The van der Waals surface area contributed by atoms with Crippen molar-refractivity contribution < 1.29 is 18.7 Å². The molecule has 0 aliphatic rings. The molecule has 0 unspecified atom stereocenters. The number of benzene rings is 1. The molecule has 5 nitrogen and oxygen atoms in total. The van der Waals surface area contributed by atoms with Crippen LogP contribution in [-0.2, 0) is 4.74 Å². The summed E-state index contributed by atoms with van der Waals surface area (Å²) < 4.78 is 9.82. The normalized spacial score (nSPS) is 11.7. The summed E-state index contributed by atoms with van der Waals surface area (Å²) in [6.07, 6.45) is 1.56. The van der Waals surface area contributed by atoms with Crippen LogP contribution in [0.3, 0.4) is 0 Å². The summed E-state index contributed by atoms with van der Waals surface area (Å²) in [5.41, 5.74) is 0.874. The monoisotopic (exact) mass is 273 g/mol. The predicted octanol–water partition coefficient (Wildman–Crippen LogP) is 2.56. The predicted molar refractivity (Wildman–Crippen MR) is 72.4 cm³/mol. The van der Waals surface area contributed by atoms with Crippen molar-refractivity contribution >= 4 is 11.9 Å². The lowest BCUT2D eigenvalue weighted by Gasteiger charge is -2.11. The zero-order valence-electron chi connectivity index (χ0n) is 11.3. The maximum absolute atomic E-state index is 12.0. The van der Waals surface area contributed by atoms with Crippen LogP contribution in [0.5, 0.6) is 0 Å². The molecule has 0 saturated carbocycles. The second-order valence-electron chi connectivity index (χ2n) is 4.28. The fraction of sp³-hybridized carbons (Fsp3) is 0.200. The number of nitrogens with one attached hydrogen (secondary N) is 1. The molecule has 1 amide bonds. The lowest BCUT2D eigenvalue weighted by molar-refractivity contribution is 0.0600. The molecular formula is C15H15NO4. The van der Waals surface area contributed by atoms with Crippen LogP contribution in [0.1, 0.15) is 39.4 Å². The summed E-state index contributed by atoms with van der Waals surface area (Å²) in [6, 6.07) is 9.61. The van der Waals surface area contributed by atoms with E-state index in [0.717, 1.165) is 0 Å². The number of rotatable bonds is 4. The molecule has 0 spiro atoms. The zero-order chi connectivity index (χ0) is 14.5. The van der Waals surface area contributed by atoms with Gasteiger partial charge in [-0.1, -0.05) is 0 Å². The third kappa shape index (κ3) is 3.06. The van der Waals surface area contributed by atoms with Crippen LogP contribution >= 0.6 is 0 Å². The van der Waals surface area contributed by atoms with Gasteiger partial charge in [0.05, 0.1) is 25.0 Å². The van der Waals surface area contributed by atoms with E-state index in [2.05, 4.69) is 10.1 Å². The van der Waals surface area contributed by atoms with E-state index < -0.39 is 5.97 Å². The van der Waals surface area contributed by atoms with Gasteiger partial charge in [-0.05, 0) is 43.3 Å². The van der Waals surface area contributed by atoms with Crippen molar-refractivity contribution in [1.82, 2.24) is 5.32 Å². The number of methoxy groups -OCH3 is 1. The van der Waals surface area contributed by atoms with E-state index in [0.29, 0.717) is 16.9 Å². The minimum atomic E-state index is -0.430. The van der Waals surface area contributed by atoms with Crippen LogP contribution in [-0.4, -0.2) is 19.0 Å². The molecule has 0 saturated heterocycles. The Balaban J connectivity index is 2.04. The van der Waals surface area contributed by atoms with Gasteiger partial charge >= 0.3 is 5.97 Å². The van der Waals surface area contributed by atoms with Crippen molar-refractivity contribution in [3.05, 3.63) is 59.5 Å². The van der Waals surface area contributed by atoms with Gasteiger partial charge in [0.25, 0.3) is 5.91 Å². The van der Waals surface area contributed by atoms with E-state index >= 15 is 0 Å².